The maximum absolute atomic E-state index is 12.6. The molecule has 2 rings (SSSR count). The predicted octanol–water partition coefficient (Wildman–Crippen LogP) is 1.98. The predicted molar refractivity (Wildman–Crippen MR) is 82.5 cm³/mol. The van der Waals surface area contributed by atoms with Crippen molar-refractivity contribution in [2.75, 3.05) is 33.2 Å². The van der Waals surface area contributed by atoms with E-state index in [1.165, 1.54) is 31.4 Å². The van der Waals surface area contributed by atoms with Gasteiger partial charge in [-0.3, -0.25) is 9.69 Å². The third-order valence-electron chi connectivity index (χ3n) is 4.51. The molecule has 1 saturated heterocycles. The Kier molecular flexibility index (Phi) is 6.05. The number of carbonyl (C=O) groups excluding carboxylic acids is 1. The highest BCUT2D eigenvalue weighted by Crippen LogP contribution is 2.22. The molecule has 0 bridgehead atoms. The summed E-state index contributed by atoms with van der Waals surface area (Å²) in [6.07, 6.45) is 9.36. The molecule has 0 aromatic carbocycles. The molecular weight excluding hydrogens is 250 g/mol. The van der Waals surface area contributed by atoms with Gasteiger partial charge in [-0.05, 0) is 52.6 Å². The van der Waals surface area contributed by atoms with E-state index in [1.807, 2.05) is 11.9 Å². The van der Waals surface area contributed by atoms with Crippen molar-refractivity contribution < 1.29 is 4.79 Å². The molecule has 0 aromatic heterocycles. The van der Waals surface area contributed by atoms with Crippen LogP contribution in [0.15, 0.2) is 11.8 Å². The van der Waals surface area contributed by atoms with Crippen LogP contribution in [0.4, 0.5) is 0 Å². The lowest BCUT2D eigenvalue weighted by atomic mass is 10.0. The first-order valence-electron chi connectivity index (χ1n) is 8.14. The van der Waals surface area contributed by atoms with Gasteiger partial charge in [0.2, 0.25) is 5.91 Å². The molecule has 0 saturated carbocycles. The van der Waals surface area contributed by atoms with Gasteiger partial charge in [-0.1, -0.05) is 12.5 Å². The molecular formula is C16H29N3O. The second-order valence-electron chi connectivity index (χ2n) is 5.90. The van der Waals surface area contributed by atoms with Crippen LogP contribution in [0, 0.1) is 0 Å². The third kappa shape index (κ3) is 3.83. The summed E-state index contributed by atoms with van der Waals surface area (Å²) in [5, 5.41) is 3.26. The van der Waals surface area contributed by atoms with Gasteiger partial charge in [0, 0.05) is 24.8 Å². The van der Waals surface area contributed by atoms with Crippen LogP contribution < -0.4 is 5.32 Å². The third-order valence-corrected chi connectivity index (χ3v) is 4.51. The van der Waals surface area contributed by atoms with E-state index in [2.05, 4.69) is 23.2 Å². The summed E-state index contributed by atoms with van der Waals surface area (Å²) in [7, 11) is 2.00. The molecule has 4 nitrogen and oxygen atoms in total. The first-order chi connectivity index (χ1) is 9.76. The average molecular weight is 279 g/mol. The second kappa shape index (κ2) is 7.79. The van der Waals surface area contributed by atoms with Crippen molar-refractivity contribution >= 4 is 5.91 Å². The molecule has 1 unspecified atom stereocenters. The molecule has 0 spiro atoms. The Morgan fingerprint density at radius 2 is 2.30 bits per heavy atom. The van der Waals surface area contributed by atoms with Crippen LogP contribution in [0.2, 0.25) is 0 Å². The van der Waals surface area contributed by atoms with Crippen molar-refractivity contribution in [1.29, 1.82) is 0 Å². The highest BCUT2D eigenvalue weighted by molar-refractivity contribution is 5.80. The maximum atomic E-state index is 12.6. The topological polar surface area (TPSA) is 35.6 Å². The van der Waals surface area contributed by atoms with Crippen LogP contribution in [-0.2, 0) is 4.79 Å². The Balaban J connectivity index is 1.93. The lowest BCUT2D eigenvalue weighted by molar-refractivity contribution is -0.131. The Hall–Kier alpha value is -0.870. The Morgan fingerprint density at radius 1 is 1.45 bits per heavy atom. The molecule has 1 amide bonds. The lowest BCUT2D eigenvalue weighted by Crippen LogP contribution is -2.49. The van der Waals surface area contributed by atoms with Crippen molar-refractivity contribution in [1.82, 2.24) is 15.1 Å². The number of likely N-dealkylation sites (tertiary alicyclic amines) is 1. The minimum atomic E-state index is 0.281. The smallest absolute Gasteiger partial charge is 0.240 e. The number of piperidine rings is 1. The van der Waals surface area contributed by atoms with Crippen molar-refractivity contribution in [3.63, 3.8) is 0 Å². The van der Waals surface area contributed by atoms with E-state index in [-0.39, 0.29) is 5.91 Å². The van der Waals surface area contributed by atoms with Crippen LogP contribution in [0.3, 0.4) is 0 Å². The Morgan fingerprint density at radius 3 is 2.95 bits per heavy atom. The number of nitrogens with zero attached hydrogens (tertiary/aromatic N) is 2. The quantitative estimate of drug-likeness (QED) is 0.807. The van der Waals surface area contributed by atoms with E-state index >= 15 is 0 Å². The molecule has 1 atom stereocenters. The maximum Gasteiger partial charge on any atom is 0.240 e. The summed E-state index contributed by atoms with van der Waals surface area (Å²) in [5.41, 5.74) is 1.25. The zero-order valence-corrected chi connectivity index (χ0v) is 13.0. The largest absolute Gasteiger partial charge is 0.318 e. The van der Waals surface area contributed by atoms with Crippen molar-refractivity contribution in [2.45, 2.75) is 51.5 Å². The van der Waals surface area contributed by atoms with Gasteiger partial charge >= 0.3 is 0 Å². The van der Waals surface area contributed by atoms with Crippen LogP contribution in [0.1, 0.15) is 45.4 Å². The van der Waals surface area contributed by atoms with Crippen molar-refractivity contribution in [3.05, 3.63) is 11.8 Å². The molecule has 20 heavy (non-hydrogen) atoms. The second-order valence-corrected chi connectivity index (χ2v) is 5.90. The first-order valence-corrected chi connectivity index (χ1v) is 8.14. The molecule has 1 aliphatic heterocycles. The van der Waals surface area contributed by atoms with Gasteiger partial charge in [0.25, 0.3) is 0 Å². The van der Waals surface area contributed by atoms with Gasteiger partial charge < -0.3 is 10.2 Å². The van der Waals surface area contributed by atoms with Gasteiger partial charge in [-0.15, -0.1) is 0 Å². The minimum absolute atomic E-state index is 0.281. The van der Waals surface area contributed by atoms with Crippen LogP contribution in [0.5, 0.6) is 0 Å². The van der Waals surface area contributed by atoms with Crippen molar-refractivity contribution in [2.24, 2.45) is 0 Å². The standard InChI is InChI=1S/C16H29N3O/c1-3-19(14-8-4-5-9-14)16(20)13-18-11-7-6-10-15(18)12-17-2/h8,15,17H,3-7,9-13H2,1-2H3. The van der Waals surface area contributed by atoms with Gasteiger partial charge in [0.15, 0.2) is 0 Å². The highest BCUT2D eigenvalue weighted by atomic mass is 16.2. The number of rotatable bonds is 6. The van der Waals surface area contributed by atoms with Crippen LogP contribution in [0.25, 0.3) is 0 Å². The fourth-order valence-corrected chi connectivity index (χ4v) is 3.43. The van der Waals surface area contributed by atoms with Gasteiger partial charge in [-0.25, -0.2) is 0 Å². The number of carbonyl (C=O) groups is 1. The fourth-order valence-electron chi connectivity index (χ4n) is 3.43. The van der Waals surface area contributed by atoms with Gasteiger partial charge in [0.05, 0.1) is 6.54 Å². The fraction of sp³-hybridized carbons (Fsp3) is 0.812. The lowest BCUT2D eigenvalue weighted by Gasteiger charge is -2.36. The molecule has 2 aliphatic rings. The summed E-state index contributed by atoms with van der Waals surface area (Å²) in [6.45, 7) is 5.52. The van der Waals surface area contributed by atoms with E-state index in [0.717, 1.165) is 32.5 Å². The molecule has 4 heteroatoms. The summed E-state index contributed by atoms with van der Waals surface area (Å²) in [6, 6.07) is 0.522. The van der Waals surface area contributed by atoms with E-state index in [0.29, 0.717) is 12.6 Å². The number of likely N-dealkylation sites (N-methyl/N-ethyl adjacent to an activating group) is 2. The zero-order valence-electron chi connectivity index (χ0n) is 13.0. The number of amides is 1. The SMILES string of the molecule is CCN(C(=O)CN1CCCCC1CNC)C1=CCCC1. The molecule has 1 aliphatic carbocycles. The van der Waals surface area contributed by atoms with Crippen LogP contribution >= 0.6 is 0 Å². The van der Waals surface area contributed by atoms with Crippen LogP contribution in [-0.4, -0.2) is 55.0 Å². The molecule has 1 fully saturated rings. The Bertz CT molecular complexity index is 352. The molecule has 114 valence electrons. The summed E-state index contributed by atoms with van der Waals surface area (Å²) in [4.78, 5) is 17.0. The van der Waals surface area contributed by atoms with E-state index in [4.69, 9.17) is 0 Å². The number of hydrogen-bond acceptors (Lipinski definition) is 3. The average Bonchev–Trinajstić information content (AvgIpc) is 2.96. The molecule has 0 aromatic rings. The van der Waals surface area contributed by atoms with E-state index in [9.17, 15) is 4.79 Å². The summed E-state index contributed by atoms with van der Waals surface area (Å²) < 4.78 is 0. The minimum Gasteiger partial charge on any atom is -0.318 e. The Labute approximate surface area is 123 Å². The van der Waals surface area contributed by atoms with E-state index < -0.39 is 0 Å². The normalized spacial score (nSPS) is 23.7. The van der Waals surface area contributed by atoms with Gasteiger partial charge in [-0.2, -0.15) is 0 Å². The monoisotopic (exact) mass is 279 g/mol. The highest BCUT2D eigenvalue weighted by Gasteiger charge is 2.26. The van der Waals surface area contributed by atoms with Gasteiger partial charge in [0.1, 0.15) is 0 Å². The first kappa shape index (κ1) is 15.5. The van der Waals surface area contributed by atoms with Crippen molar-refractivity contribution in [3.8, 4) is 0 Å². The molecule has 1 N–H and O–H groups in total. The molecule has 0 radical (unpaired) electrons. The molecule has 1 heterocycles. The summed E-state index contributed by atoms with van der Waals surface area (Å²) >= 11 is 0. The number of nitrogens with one attached hydrogen (secondary N) is 1. The number of allylic oxidation sites excluding steroid dienone is 2. The van der Waals surface area contributed by atoms with E-state index in [1.54, 1.807) is 0 Å². The summed E-state index contributed by atoms with van der Waals surface area (Å²) in [5.74, 6) is 0.281. The number of hydrogen-bond donors (Lipinski definition) is 1. The zero-order chi connectivity index (χ0) is 14.4.